The van der Waals surface area contributed by atoms with Gasteiger partial charge < -0.3 is 15.4 Å². The van der Waals surface area contributed by atoms with Gasteiger partial charge in [0.1, 0.15) is 11.3 Å². The Morgan fingerprint density at radius 1 is 1.05 bits per heavy atom. The van der Waals surface area contributed by atoms with Crippen molar-refractivity contribution < 1.29 is 31.8 Å². The van der Waals surface area contributed by atoms with Crippen molar-refractivity contribution in [2.24, 2.45) is 0 Å². The van der Waals surface area contributed by atoms with Crippen molar-refractivity contribution in [2.75, 3.05) is 0 Å². The van der Waals surface area contributed by atoms with Gasteiger partial charge in [0, 0.05) is 22.2 Å². The number of hydrogen-bond acceptors (Lipinski definition) is 4. The van der Waals surface area contributed by atoms with Gasteiger partial charge in [0.2, 0.25) is 0 Å². The van der Waals surface area contributed by atoms with Gasteiger partial charge in [-0.25, -0.2) is 9.53 Å². The quantitative estimate of drug-likeness (QED) is 0.241. The second-order valence-corrected chi connectivity index (χ2v) is 10.7. The molecule has 1 fully saturated rings. The molecule has 0 spiro atoms. The number of carbonyl (C=O) groups excluding carboxylic acids is 1. The van der Waals surface area contributed by atoms with Gasteiger partial charge in [0.25, 0.3) is 0 Å². The van der Waals surface area contributed by atoms with E-state index in [9.17, 15) is 22.4 Å². The number of nitrogens with one attached hydrogen (secondary N) is 2. The summed E-state index contributed by atoms with van der Waals surface area (Å²) in [4.78, 5) is 17.9. The van der Waals surface area contributed by atoms with E-state index >= 15 is 0 Å². The van der Waals surface area contributed by atoms with E-state index < -0.39 is 35.3 Å². The van der Waals surface area contributed by atoms with Crippen molar-refractivity contribution >= 4 is 28.6 Å². The number of amides is 2. The molecule has 2 heterocycles. The van der Waals surface area contributed by atoms with Crippen LogP contribution in [0.2, 0.25) is 0 Å². The predicted molar refractivity (Wildman–Crippen MR) is 139 cm³/mol. The number of halogens is 5. The van der Waals surface area contributed by atoms with Crippen molar-refractivity contribution in [1.29, 1.82) is 0 Å². The zero-order valence-corrected chi connectivity index (χ0v) is 22.2. The van der Waals surface area contributed by atoms with E-state index in [1.807, 2.05) is 30.3 Å². The smallest absolute Gasteiger partial charge is 0.409 e. The molecule has 1 atom stereocenters. The Balaban J connectivity index is 1.66. The summed E-state index contributed by atoms with van der Waals surface area (Å²) >= 11 is 2.09. The first-order chi connectivity index (χ1) is 18.1. The highest BCUT2D eigenvalue weighted by molar-refractivity contribution is 14.1. The van der Waals surface area contributed by atoms with Gasteiger partial charge >= 0.3 is 18.4 Å². The summed E-state index contributed by atoms with van der Waals surface area (Å²) in [6.45, 7) is 0. The number of urea groups is 1. The fourth-order valence-electron chi connectivity index (χ4n) is 5.00. The van der Waals surface area contributed by atoms with E-state index in [0.717, 1.165) is 46.9 Å². The molecule has 5 rings (SSSR count). The third-order valence-electron chi connectivity index (χ3n) is 6.76. The molecule has 3 aromatic rings. The molecule has 11 heteroatoms. The molecule has 0 unspecified atom stereocenters. The third-order valence-corrected chi connectivity index (χ3v) is 7.39. The van der Waals surface area contributed by atoms with Crippen LogP contribution in [0.4, 0.5) is 22.4 Å². The molecule has 2 amide bonds. The Hall–Kier alpha value is -2.93. The number of ether oxygens (including phenoxy) is 2. The van der Waals surface area contributed by atoms with Crippen LogP contribution in [0.1, 0.15) is 48.1 Å². The number of benzene rings is 2. The maximum atomic E-state index is 14.8. The largest absolute Gasteiger partial charge is 0.540 e. The SMILES string of the molecule is O=C(NC1CCCC1)N[C@@](Cc1ccccc1)(c1ccc2c(c1)C(F)(F)OC(F)(F)O2)c1ccc(I)cn1. The fraction of sp³-hybridized carbons (Fsp3) is 0.333. The molecule has 1 aromatic heterocycles. The Bertz CT molecular complexity index is 1300. The number of nitrogens with zero attached hydrogens (tertiary/aromatic N) is 1. The molecule has 6 nitrogen and oxygen atoms in total. The molecule has 1 aliphatic carbocycles. The Kier molecular flexibility index (Phi) is 7.25. The first-order valence-corrected chi connectivity index (χ1v) is 13.2. The van der Waals surface area contributed by atoms with Crippen LogP contribution in [0.5, 0.6) is 5.75 Å². The molecule has 0 bridgehead atoms. The maximum Gasteiger partial charge on any atom is 0.540 e. The number of alkyl halides is 4. The van der Waals surface area contributed by atoms with E-state index in [1.54, 1.807) is 18.3 Å². The second-order valence-electron chi connectivity index (χ2n) is 9.40. The van der Waals surface area contributed by atoms with Gasteiger partial charge in [-0.2, -0.15) is 8.78 Å². The lowest BCUT2D eigenvalue weighted by molar-refractivity contribution is -0.461. The summed E-state index contributed by atoms with van der Waals surface area (Å²) in [7, 11) is 0. The van der Waals surface area contributed by atoms with Crippen molar-refractivity contribution in [3.63, 3.8) is 0 Å². The van der Waals surface area contributed by atoms with Crippen molar-refractivity contribution in [3.8, 4) is 5.75 Å². The highest BCUT2D eigenvalue weighted by atomic mass is 127. The van der Waals surface area contributed by atoms with Crippen LogP contribution in [0, 0.1) is 3.57 Å². The standard InChI is InChI=1S/C27H24F4IN3O3/c28-26(29)21-14-18(10-12-22(21)37-27(30,31)38-26)25(15-17-6-2-1-3-7-17,23-13-11-19(32)16-33-23)35-24(36)34-20-8-4-5-9-20/h1-3,6-7,10-14,16,20H,4-5,8-9,15H2,(H2,34,35,36)/t25-/m0/s1. The molecule has 200 valence electrons. The Labute approximate surface area is 230 Å². The zero-order valence-electron chi connectivity index (χ0n) is 20.0. The van der Waals surface area contributed by atoms with Crippen molar-refractivity contribution in [3.05, 3.63) is 92.8 Å². The zero-order chi connectivity index (χ0) is 27.0. The lowest BCUT2D eigenvalue weighted by Gasteiger charge is -2.37. The van der Waals surface area contributed by atoms with Crippen LogP contribution in [-0.4, -0.2) is 23.4 Å². The molecular formula is C27H24F4IN3O3. The van der Waals surface area contributed by atoms with Gasteiger partial charge in [-0.15, -0.1) is 8.78 Å². The van der Waals surface area contributed by atoms with E-state index in [1.165, 1.54) is 6.07 Å². The molecule has 2 N–H and O–H groups in total. The molecule has 2 aliphatic rings. The topological polar surface area (TPSA) is 72.5 Å². The van der Waals surface area contributed by atoms with Crippen molar-refractivity contribution in [1.82, 2.24) is 15.6 Å². The average Bonchev–Trinajstić information content (AvgIpc) is 3.36. The number of hydrogen-bond donors (Lipinski definition) is 2. The number of rotatable bonds is 6. The van der Waals surface area contributed by atoms with Crippen LogP contribution in [0.15, 0.2) is 66.9 Å². The highest BCUT2D eigenvalue weighted by Crippen LogP contribution is 2.48. The summed E-state index contributed by atoms with van der Waals surface area (Å²) in [5.74, 6) is -0.713. The Morgan fingerprint density at radius 2 is 1.79 bits per heavy atom. The highest BCUT2D eigenvalue weighted by Gasteiger charge is 2.55. The minimum absolute atomic E-state index is 0.00833. The Morgan fingerprint density at radius 3 is 2.47 bits per heavy atom. The molecule has 1 saturated carbocycles. The summed E-state index contributed by atoms with van der Waals surface area (Å²) in [6.07, 6.45) is -3.39. The second kappa shape index (κ2) is 10.3. The predicted octanol–water partition coefficient (Wildman–Crippen LogP) is 6.42. The molecule has 1 aliphatic heterocycles. The fourth-order valence-corrected chi connectivity index (χ4v) is 5.32. The average molecular weight is 641 g/mol. The molecule has 38 heavy (non-hydrogen) atoms. The summed E-state index contributed by atoms with van der Waals surface area (Å²) in [5.41, 5.74) is -0.944. The van der Waals surface area contributed by atoms with Crippen LogP contribution in [0.3, 0.4) is 0 Å². The lowest BCUT2D eigenvalue weighted by atomic mass is 9.79. The van der Waals surface area contributed by atoms with Gasteiger partial charge in [-0.1, -0.05) is 49.2 Å². The van der Waals surface area contributed by atoms with E-state index in [-0.39, 0.29) is 18.0 Å². The first-order valence-electron chi connectivity index (χ1n) is 12.1. The summed E-state index contributed by atoms with van der Waals surface area (Å²) < 4.78 is 65.8. The minimum Gasteiger partial charge on any atom is -0.409 e. The van der Waals surface area contributed by atoms with Crippen molar-refractivity contribution in [2.45, 2.75) is 56.1 Å². The van der Waals surface area contributed by atoms with Crippen LogP contribution in [-0.2, 0) is 22.8 Å². The molecule has 0 radical (unpaired) electrons. The maximum absolute atomic E-state index is 14.8. The number of carbonyl (C=O) groups is 1. The van der Waals surface area contributed by atoms with Crippen LogP contribution < -0.4 is 15.4 Å². The van der Waals surface area contributed by atoms with E-state index in [4.69, 9.17) is 0 Å². The number of aromatic nitrogens is 1. The van der Waals surface area contributed by atoms with Gasteiger partial charge in [0.15, 0.2) is 0 Å². The molecule has 0 saturated heterocycles. The monoisotopic (exact) mass is 641 g/mol. The van der Waals surface area contributed by atoms with Crippen LogP contribution >= 0.6 is 22.6 Å². The number of pyridine rings is 1. The van der Waals surface area contributed by atoms with E-state index in [0.29, 0.717) is 5.69 Å². The van der Waals surface area contributed by atoms with Gasteiger partial charge in [0.05, 0.1) is 11.3 Å². The van der Waals surface area contributed by atoms with Crippen LogP contribution in [0.25, 0.3) is 0 Å². The first kappa shape index (κ1) is 26.7. The molecular weight excluding hydrogens is 617 g/mol. The van der Waals surface area contributed by atoms with Gasteiger partial charge in [-0.05, 0) is 70.8 Å². The van der Waals surface area contributed by atoms with Gasteiger partial charge in [-0.3, -0.25) is 4.98 Å². The summed E-state index contributed by atoms with van der Waals surface area (Å²) in [6, 6.07) is 15.6. The lowest BCUT2D eigenvalue weighted by Crippen LogP contribution is -2.54. The number of fused-ring (bicyclic) bond motifs is 1. The minimum atomic E-state index is -4.49. The third kappa shape index (κ3) is 5.58. The normalized spacial score (nSPS) is 19.6. The summed E-state index contributed by atoms with van der Waals surface area (Å²) in [5, 5.41) is 6.00. The molecule has 2 aromatic carbocycles. The van der Waals surface area contributed by atoms with E-state index in [2.05, 4.69) is 47.7 Å².